The number of fused-ring (bicyclic) bond motifs is 1. The van der Waals surface area contributed by atoms with Crippen LogP contribution in [0.5, 0.6) is 0 Å². The van der Waals surface area contributed by atoms with Gasteiger partial charge in [-0.1, -0.05) is 0 Å². The average molecular weight is 314 g/mol. The van der Waals surface area contributed by atoms with Crippen molar-refractivity contribution >= 4 is 24.5 Å². The van der Waals surface area contributed by atoms with Crippen molar-refractivity contribution in [1.29, 1.82) is 0 Å². The topological polar surface area (TPSA) is 0 Å². The van der Waals surface area contributed by atoms with Crippen molar-refractivity contribution in [3.8, 4) is 0 Å². The fourth-order valence-electron chi connectivity index (χ4n) is 1.82. The molecule has 1 aliphatic rings. The zero-order valence-electron chi connectivity index (χ0n) is 9.87. The fraction of sp³-hybridized carbons (Fsp3) is 0.429. The van der Waals surface area contributed by atoms with E-state index in [0.717, 1.165) is 0 Å². The third-order valence-electron chi connectivity index (χ3n) is 2.77. The van der Waals surface area contributed by atoms with Crippen LogP contribution >= 0.6 is 0 Å². The molecule has 0 N–H and O–H groups in total. The maximum atomic E-state index is 2.50. The van der Waals surface area contributed by atoms with Gasteiger partial charge in [0.25, 0.3) is 0 Å². The molecule has 15 heavy (non-hydrogen) atoms. The van der Waals surface area contributed by atoms with Crippen LogP contribution < -0.4 is 3.61 Å². The molecule has 1 atom stereocenters. The Morgan fingerprint density at radius 2 is 1.80 bits per heavy atom. The van der Waals surface area contributed by atoms with Gasteiger partial charge in [0.05, 0.1) is 0 Å². The van der Waals surface area contributed by atoms with E-state index >= 15 is 0 Å². The first-order valence-corrected chi connectivity index (χ1v) is 7.80. The van der Waals surface area contributed by atoms with Gasteiger partial charge in [0, 0.05) is 0 Å². The molecule has 0 spiro atoms. The molecule has 1 aromatic carbocycles. The average Bonchev–Trinajstić information content (AvgIpc) is 2.16. The van der Waals surface area contributed by atoms with Gasteiger partial charge in [-0.2, -0.15) is 0 Å². The summed E-state index contributed by atoms with van der Waals surface area (Å²) in [5.74, 6) is 0.606. The summed E-state index contributed by atoms with van der Waals surface area (Å²) in [4.78, 5) is 0. The summed E-state index contributed by atoms with van der Waals surface area (Å²) in [6, 6.07) is 8.97. The van der Waals surface area contributed by atoms with Crippen LogP contribution in [-0.2, 0) is 0 Å². The normalized spacial score (nSPS) is 20.8. The molecule has 0 bridgehead atoms. The maximum absolute atomic E-state index is 2.50. The Morgan fingerprint density at radius 3 is 2.47 bits per heavy atom. The van der Waals surface area contributed by atoms with Crippen LogP contribution in [0, 0.1) is 5.41 Å². The molecular weight excluding hydrogens is 296 g/mol. The van der Waals surface area contributed by atoms with Gasteiger partial charge >= 0.3 is 103 Å². The number of hydrogen-bond donors (Lipinski definition) is 0. The van der Waals surface area contributed by atoms with Crippen molar-refractivity contribution in [2.75, 3.05) is 0 Å². The summed E-state index contributed by atoms with van der Waals surface area (Å²) in [6.45, 7) is 9.33. The first kappa shape index (κ1) is 11.2. The van der Waals surface area contributed by atoms with Gasteiger partial charge in [0.15, 0.2) is 0 Å². The van der Waals surface area contributed by atoms with Gasteiger partial charge in [-0.3, -0.25) is 0 Å². The minimum atomic E-state index is -0.119. The van der Waals surface area contributed by atoms with Gasteiger partial charge in [0.2, 0.25) is 0 Å². The van der Waals surface area contributed by atoms with E-state index < -0.39 is 0 Å². The van der Waals surface area contributed by atoms with Gasteiger partial charge < -0.3 is 0 Å². The molecule has 1 heterocycles. The van der Waals surface area contributed by atoms with E-state index in [2.05, 4.69) is 58.0 Å². The number of benzene rings is 1. The van der Waals surface area contributed by atoms with Crippen molar-refractivity contribution in [2.24, 2.45) is 5.41 Å². The van der Waals surface area contributed by atoms with Crippen LogP contribution in [0.15, 0.2) is 34.0 Å². The van der Waals surface area contributed by atoms with E-state index in [-0.39, 0.29) is 20.9 Å². The Hall–Kier alpha value is -0.250. The molecule has 80 valence electrons. The van der Waals surface area contributed by atoms with E-state index in [1.165, 1.54) is 0 Å². The van der Waals surface area contributed by atoms with Crippen molar-refractivity contribution in [2.45, 2.75) is 33.6 Å². The standard InChI is InChI=1S/C14H18Te/c1-10-9-13(14(2,3)4)15-12-8-6-5-7-11(10)12/h5-10H,1-4H3. The quantitative estimate of drug-likeness (QED) is 0.646. The van der Waals surface area contributed by atoms with Crippen molar-refractivity contribution in [1.82, 2.24) is 0 Å². The van der Waals surface area contributed by atoms with Gasteiger partial charge in [-0.25, -0.2) is 0 Å². The zero-order valence-corrected chi connectivity index (χ0v) is 12.2. The minimum absolute atomic E-state index is 0.119. The molecule has 1 unspecified atom stereocenters. The Balaban J connectivity index is 2.40. The molecule has 0 aromatic heterocycles. The molecule has 1 heteroatoms. The SMILES string of the molecule is CC1C=C(C(C)(C)C)[Te]c2ccccc21. The van der Waals surface area contributed by atoms with Crippen LogP contribution in [0.3, 0.4) is 0 Å². The molecule has 2 rings (SSSR count). The molecule has 0 fully saturated rings. The second kappa shape index (κ2) is 3.96. The van der Waals surface area contributed by atoms with Crippen LogP contribution in [0.1, 0.15) is 39.2 Å². The van der Waals surface area contributed by atoms with E-state index in [1.54, 1.807) is 12.8 Å². The molecule has 0 amide bonds. The monoisotopic (exact) mass is 316 g/mol. The summed E-state index contributed by atoms with van der Waals surface area (Å²) in [5, 5.41) is 0. The first-order chi connectivity index (χ1) is 6.98. The molecule has 1 aliphatic heterocycles. The fourth-order valence-corrected chi connectivity index (χ4v) is 5.63. The molecule has 0 saturated heterocycles. The van der Waals surface area contributed by atoms with Gasteiger partial charge in [-0.05, 0) is 0 Å². The Bertz CT molecular complexity index is 396. The number of hydrogen-bond acceptors (Lipinski definition) is 0. The summed E-state index contributed by atoms with van der Waals surface area (Å²) in [7, 11) is 0. The summed E-state index contributed by atoms with van der Waals surface area (Å²) in [6.07, 6.45) is 2.50. The molecule has 0 nitrogen and oxygen atoms in total. The second-order valence-electron chi connectivity index (χ2n) is 5.21. The van der Waals surface area contributed by atoms with Crippen LogP contribution in [0.4, 0.5) is 0 Å². The summed E-state index contributed by atoms with van der Waals surface area (Å²) >= 11 is -0.119. The zero-order chi connectivity index (χ0) is 11.1. The van der Waals surface area contributed by atoms with Crippen molar-refractivity contribution < 1.29 is 0 Å². The summed E-state index contributed by atoms with van der Waals surface area (Å²) in [5.41, 5.74) is 1.93. The first-order valence-electron chi connectivity index (χ1n) is 5.47. The molecular formula is C14H18Te. The second-order valence-corrected chi connectivity index (χ2v) is 8.30. The Morgan fingerprint density at radius 1 is 1.13 bits per heavy atom. The van der Waals surface area contributed by atoms with E-state index in [1.807, 2.05) is 0 Å². The van der Waals surface area contributed by atoms with Crippen LogP contribution in [-0.4, -0.2) is 20.9 Å². The van der Waals surface area contributed by atoms with Crippen molar-refractivity contribution in [3.63, 3.8) is 0 Å². The van der Waals surface area contributed by atoms with Crippen LogP contribution in [0.2, 0.25) is 0 Å². The molecule has 0 aliphatic carbocycles. The van der Waals surface area contributed by atoms with E-state index in [9.17, 15) is 0 Å². The third kappa shape index (κ3) is 2.30. The predicted molar refractivity (Wildman–Crippen MR) is 67.8 cm³/mol. The van der Waals surface area contributed by atoms with E-state index in [4.69, 9.17) is 0 Å². The number of rotatable bonds is 0. The van der Waals surface area contributed by atoms with Gasteiger partial charge in [0.1, 0.15) is 0 Å². The molecule has 0 saturated carbocycles. The molecule has 0 radical (unpaired) electrons. The predicted octanol–water partition coefficient (Wildman–Crippen LogP) is 3.06. The third-order valence-corrected chi connectivity index (χ3v) is 7.22. The van der Waals surface area contributed by atoms with Gasteiger partial charge in [-0.15, -0.1) is 0 Å². The van der Waals surface area contributed by atoms with E-state index in [0.29, 0.717) is 11.3 Å². The Kier molecular flexibility index (Phi) is 2.97. The van der Waals surface area contributed by atoms with Crippen LogP contribution in [0.25, 0.3) is 0 Å². The Labute approximate surface area is 103 Å². The molecule has 1 aromatic rings. The van der Waals surface area contributed by atoms with Crippen molar-refractivity contribution in [3.05, 3.63) is 39.5 Å². The number of allylic oxidation sites excluding steroid dienone is 2. The summed E-state index contributed by atoms with van der Waals surface area (Å²) < 4.78 is 3.35.